The number of nitrogens with zero attached hydrogens (tertiary/aromatic N) is 1. The molecule has 0 aliphatic rings. The van der Waals surface area contributed by atoms with Crippen molar-refractivity contribution in [3.05, 3.63) is 84.4 Å². The third-order valence-corrected chi connectivity index (χ3v) is 7.12. The minimum atomic E-state index is -4.69. The zero-order chi connectivity index (χ0) is 26.3. The quantitative estimate of drug-likeness (QED) is 0.190. The summed E-state index contributed by atoms with van der Waals surface area (Å²) in [5.74, 6) is 0.444. The molecule has 0 heterocycles. The summed E-state index contributed by atoms with van der Waals surface area (Å²) in [5, 5.41) is 10.3. The van der Waals surface area contributed by atoms with Crippen molar-refractivity contribution in [2.45, 2.75) is 29.1 Å². The van der Waals surface area contributed by atoms with Gasteiger partial charge in [-0.05, 0) is 0 Å². The Morgan fingerprint density at radius 2 is 1.50 bits per heavy atom. The van der Waals surface area contributed by atoms with Gasteiger partial charge in [-0.1, -0.05) is 0 Å². The molecule has 196 valence electrons. The van der Waals surface area contributed by atoms with Crippen molar-refractivity contribution >= 4 is 5.69 Å². The van der Waals surface area contributed by atoms with Gasteiger partial charge in [0.05, 0.1) is 0 Å². The van der Waals surface area contributed by atoms with Gasteiger partial charge in [0.1, 0.15) is 0 Å². The van der Waals surface area contributed by atoms with Crippen LogP contribution in [0.5, 0.6) is 17.2 Å². The van der Waals surface area contributed by atoms with Gasteiger partial charge < -0.3 is 0 Å². The second kappa shape index (κ2) is 12.0. The molecule has 4 nitrogen and oxygen atoms in total. The van der Waals surface area contributed by atoms with Gasteiger partial charge in [-0.25, -0.2) is 0 Å². The number of rotatable bonds is 12. The zero-order valence-electron chi connectivity index (χ0n) is 18.9. The normalized spacial score (nSPS) is 13.0. The number of aliphatic hydroxyl groups excluding tert-OH is 1. The fourth-order valence-electron chi connectivity index (χ4n) is 3.20. The molecule has 3 rings (SSSR count). The van der Waals surface area contributed by atoms with Gasteiger partial charge in [0.2, 0.25) is 0 Å². The molecule has 3 aromatic carbocycles. The van der Waals surface area contributed by atoms with Crippen molar-refractivity contribution in [2.75, 3.05) is 16.4 Å². The van der Waals surface area contributed by atoms with Crippen LogP contribution in [0.4, 0.5) is 32.0 Å². The van der Waals surface area contributed by atoms with Crippen LogP contribution in [0.3, 0.4) is 0 Å². The third-order valence-electron chi connectivity index (χ3n) is 4.96. The summed E-state index contributed by atoms with van der Waals surface area (Å²) < 4.78 is 86.9. The molecule has 0 aliphatic heterocycles. The summed E-state index contributed by atoms with van der Waals surface area (Å²) in [6.45, 7) is -0.588. The first kappa shape index (κ1) is 27.9. The summed E-state index contributed by atoms with van der Waals surface area (Å²) in [4.78, 5) is 2.78. The number of hydrogen-bond acceptors (Lipinski definition) is 4. The fourth-order valence-corrected chi connectivity index (χ4v) is 4.11. The summed E-state index contributed by atoms with van der Waals surface area (Å²) in [7, 11) is 0. The van der Waals surface area contributed by atoms with Crippen LogP contribution in [0, 0.1) is 0 Å². The predicted molar refractivity (Wildman–Crippen MR) is 119 cm³/mol. The maximum absolute atomic E-state index is 14.2. The molecule has 1 atom stereocenters. The van der Waals surface area contributed by atoms with Crippen LogP contribution in [0.25, 0.3) is 0 Å². The van der Waals surface area contributed by atoms with E-state index in [1.807, 2.05) is 6.07 Å². The number of halogens is 7. The van der Waals surface area contributed by atoms with Crippen molar-refractivity contribution in [1.82, 2.24) is 0 Å². The minimum absolute atomic E-state index is 0.110. The average molecular weight is 626 g/mol. The van der Waals surface area contributed by atoms with Gasteiger partial charge >= 0.3 is 215 Å². The first-order valence-corrected chi connectivity index (χ1v) is 13.8. The van der Waals surface area contributed by atoms with Crippen molar-refractivity contribution in [3.8, 4) is 17.2 Å². The maximum atomic E-state index is 14.2. The van der Waals surface area contributed by atoms with E-state index in [1.54, 1.807) is 48.5 Å². The van der Waals surface area contributed by atoms with Crippen molar-refractivity contribution in [3.63, 3.8) is 0 Å². The fraction of sp³-hybridized carbons (Fsp3) is 0.280. The van der Waals surface area contributed by atoms with Gasteiger partial charge in [0, 0.05) is 0 Å². The van der Waals surface area contributed by atoms with E-state index in [1.165, 1.54) is 22.0 Å². The van der Waals surface area contributed by atoms with E-state index >= 15 is 0 Å². The topological polar surface area (TPSA) is 41.9 Å². The SMILES string of the molecule is C[I-]C(F)(F)[C@H](O)CN(Cc1cccc(OC(F)(F)C(F)F)c1)c1cccc(Oc2ccccc2)c1. The number of anilines is 1. The van der Waals surface area contributed by atoms with Crippen LogP contribution in [0.2, 0.25) is 0 Å². The Morgan fingerprint density at radius 3 is 2.17 bits per heavy atom. The predicted octanol–water partition coefficient (Wildman–Crippen LogP) is 3.39. The Labute approximate surface area is 214 Å². The number of hydrogen-bond donors (Lipinski definition) is 1. The van der Waals surface area contributed by atoms with Crippen LogP contribution in [-0.4, -0.2) is 39.1 Å². The van der Waals surface area contributed by atoms with E-state index < -0.39 is 56.1 Å². The van der Waals surface area contributed by atoms with E-state index in [-0.39, 0.29) is 6.54 Å². The molecule has 0 aliphatic carbocycles. The van der Waals surface area contributed by atoms with Crippen molar-refractivity contribution in [1.29, 1.82) is 0 Å². The summed E-state index contributed by atoms with van der Waals surface area (Å²) in [6.07, 6.45) is -10.7. The molecule has 0 saturated heterocycles. The van der Waals surface area contributed by atoms with Crippen molar-refractivity contribution in [2.24, 2.45) is 0 Å². The van der Waals surface area contributed by atoms with Gasteiger partial charge in [-0.2, -0.15) is 0 Å². The van der Waals surface area contributed by atoms with E-state index in [4.69, 9.17) is 4.74 Å². The standard InChI is InChI=1S/C25H23F6INO3/c1-32-24(28,29)22(34)16-33(15-17-7-5-12-21(13-17)36-25(30,31)23(26)27)18-8-6-11-20(14-18)35-19-9-3-2-4-10-19/h2-14,22-23,34H,15-16H2,1H3/q-1/t22-/m1/s1. The molecular weight excluding hydrogens is 603 g/mol. The number of benzene rings is 3. The monoisotopic (exact) mass is 626 g/mol. The van der Waals surface area contributed by atoms with E-state index in [0.717, 1.165) is 12.1 Å². The molecule has 0 spiro atoms. The number of ether oxygens (including phenoxy) is 2. The summed E-state index contributed by atoms with van der Waals surface area (Å²) in [5.41, 5.74) is 0.727. The molecule has 1 N–H and O–H groups in total. The summed E-state index contributed by atoms with van der Waals surface area (Å²) in [6, 6.07) is 20.4. The molecule has 0 radical (unpaired) electrons. The number of para-hydroxylation sites is 1. The molecule has 0 aromatic heterocycles. The van der Waals surface area contributed by atoms with Crippen LogP contribution in [0.1, 0.15) is 5.56 Å². The van der Waals surface area contributed by atoms with Crippen LogP contribution in [0.15, 0.2) is 78.9 Å². The Hall–Kier alpha value is -2.67. The number of aliphatic hydroxyl groups is 1. The molecule has 0 unspecified atom stereocenters. The molecule has 0 bridgehead atoms. The van der Waals surface area contributed by atoms with Crippen LogP contribution < -0.4 is 35.6 Å². The first-order valence-electron chi connectivity index (χ1n) is 10.6. The Bertz CT molecular complexity index is 1120. The average Bonchev–Trinajstić information content (AvgIpc) is 2.84. The Kier molecular flexibility index (Phi) is 9.34. The third kappa shape index (κ3) is 7.66. The molecule has 0 fully saturated rings. The van der Waals surface area contributed by atoms with Crippen LogP contribution >= 0.6 is 0 Å². The molecular formula is C25H23F6INO3-. The van der Waals surface area contributed by atoms with Crippen LogP contribution in [-0.2, 0) is 6.54 Å². The first-order chi connectivity index (χ1) is 17.0. The van der Waals surface area contributed by atoms with Crippen molar-refractivity contribution < 1.29 is 62.1 Å². The second-order valence-corrected chi connectivity index (χ2v) is 10.2. The van der Waals surface area contributed by atoms with E-state index in [9.17, 15) is 31.4 Å². The van der Waals surface area contributed by atoms with Gasteiger partial charge in [-0.15, -0.1) is 0 Å². The van der Waals surface area contributed by atoms with Gasteiger partial charge in [-0.3, -0.25) is 0 Å². The van der Waals surface area contributed by atoms with E-state index in [0.29, 0.717) is 22.7 Å². The summed E-state index contributed by atoms with van der Waals surface area (Å²) >= 11 is -1.62. The second-order valence-electron chi connectivity index (χ2n) is 7.65. The van der Waals surface area contributed by atoms with Gasteiger partial charge in [0.15, 0.2) is 0 Å². The van der Waals surface area contributed by atoms with Gasteiger partial charge in [0.25, 0.3) is 0 Å². The number of alkyl halides is 8. The molecule has 0 amide bonds. The zero-order valence-corrected chi connectivity index (χ0v) is 21.1. The Morgan fingerprint density at radius 1 is 0.861 bits per heavy atom. The molecule has 11 heteroatoms. The molecule has 3 aromatic rings. The molecule has 36 heavy (non-hydrogen) atoms. The van der Waals surface area contributed by atoms with E-state index in [2.05, 4.69) is 4.74 Å². The molecule has 0 saturated carbocycles. The Balaban J connectivity index is 1.89.